The third kappa shape index (κ3) is 2.02. The van der Waals surface area contributed by atoms with E-state index in [-0.39, 0.29) is 12.3 Å². The zero-order valence-electron chi connectivity index (χ0n) is 10.3. The van der Waals surface area contributed by atoms with E-state index >= 15 is 0 Å². The van der Waals surface area contributed by atoms with Crippen LogP contribution in [0.25, 0.3) is 16.7 Å². The molecule has 2 aromatic carbocycles. The van der Waals surface area contributed by atoms with Gasteiger partial charge < -0.3 is 5.73 Å². The summed E-state index contributed by atoms with van der Waals surface area (Å²) in [4.78, 5) is 15.8. The van der Waals surface area contributed by atoms with Gasteiger partial charge in [0.25, 0.3) is 0 Å². The summed E-state index contributed by atoms with van der Waals surface area (Å²) >= 11 is 0. The van der Waals surface area contributed by atoms with Gasteiger partial charge in [-0.15, -0.1) is 0 Å². The zero-order valence-corrected chi connectivity index (χ0v) is 10.3. The molecule has 19 heavy (non-hydrogen) atoms. The summed E-state index contributed by atoms with van der Waals surface area (Å²) in [5.41, 5.74) is 8.95. The molecule has 0 aliphatic carbocycles. The van der Waals surface area contributed by atoms with Crippen LogP contribution in [0.5, 0.6) is 0 Å². The summed E-state index contributed by atoms with van der Waals surface area (Å²) in [5, 5.41) is 0. The summed E-state index contributed by atoms with van der Waals surface area (Å²) in [6.07, 6.45) is 1.78. The first-order chi connectivity index (χ1) is 9.29. The average molecular weight is 251 g/mol. The third-order valence-electron chi connectivity index (χ3n) is 3.11. The number of hydrogen-bond acceptors (Lipinski definition) is 3. The van der Waals surface area contributed by atoms with Gasteiger partial charge in [0.1, 0.15) is 6.33 Å². The molecule has 3 aromatic rings. The van der Waals surface area contributed by atoms with Crippen LogP contribution in [0.15, 0.2) is 54.9 Å². The Bertz CT molecular complexity index is 728. The van der Waals surface area contributed by atoms with Crippen molar-refractivity contribution in [3.05, 3.63) is 60.4 Å². The van der Waals surface area contributed by atoms with Crippen LogP contribution in [-0.4, -0.2) is 21.9 Å². The van der Waals surface area contributed by atoms with Gasteiger partial charge in [-0.05, 0) is 36.4 Å². The second-order valence-corrected chi connectivity index (χ2v) is 4.28. The first-order valence-corrected chi connectivity index (χ1v) is 6.05. The minimum Gasteiger partial charge on any atom is -0.324 e. The molecule has 0 radical (unpaired) electrons. The Hall–Kier alpha value is -2.46. The quantitative estimate of drug-likeness (QED) is 0.726. The van der Waals surface area contributed by atoms with Crippen LogP contribution in [0, 0.1) is 0 Å². The minimum absolute atomic E-state index is 0.0351. The maximum absolute atomic E-state index is 11.5. The van der Waals surface area contributed by atoms with Crippen LogP contribution in [0.3, 0.4) is 0 Å². The topological polar surface area (TPSA) is 60.9 Å². The van der Waals surface area contributed by atoms with E-state index < -0.39 is 0 Å². The number of carbonyl (C=O) groups is 1. The van der Waals surface area contributed by atoms with Gasteiger partial charge in [-0.1, -0.05) is 12.1 Å². The molecular weight excluding hydrogens is 238 g/mol. The maximum atomic E-state index is 11.5. The molecule has 0 saturated carbocycles. The summed E-state index contributed by atoms with van der Waals surface area (Å²) < 4.78 is 1.99. The van der Waals surface area contributed by atoms with Crippen LogP contribution in [0.4, 0.5) is 0 Å². The Morgan fingerprint density at radius 3 is 2.58 bits per heavy atom. The number of nitrogens with two attached hydrogens (primary N) is 1. The zero-order chi connectivity index (χ0) is 13.2. The van der Waals surface area contributed by atoms with Crippen molar-refractivity contribution < 1.29 is 4.79 Å². The molecular formula is C15H13N3O. The molecule has 0 fully saturated rings. The van der Waals surface area contributed by atoms with Crippen LogP contribution in [0.2, 0.25) is 0 Å². The molecule has 0 spiro atoms. The van der Waals surface area contributed by atoms with Gasteiger partial charge in [0.05, 0.1) is 17.6 Å². The highest BCUT2D eigenvalue weighted by Gasteiger charge is 2.06. The first-order valence-electron chi connectivity index (χ1n) is 6.05. The summed E-state index contributed by atoms with van der Waals surface area (Å²) in [7, 11) is 0. The lowest BCUT2D eigenvalue weighted by molar-refractivity contribution is 0.100. The van der Waals surface area contributed by atoms with Gasteiger partial charge >= 0.3 is 0 Å². The number of imidazole rings is 1. The number of rotatable bonds is 3. The fourth-order valence-corrected chi connectivity index (χ4v) is 2.09. The monoisotopic (exact) mass is 251 g/mol. The van der Waals surface area contributed by atoms with Crippen LogP contribution in [-0.2, 0) is 0 Å². The second kappa shape index (κ2) is 4.66. The molecule has 0 aliphatic heterocycles. The van der Waals surface area contributed by atoms with E-state index in [0.717, 1.165) is 16.7 Å². The van der Waals surface area contributed by atoms with Crippen LogP contribution < -0.4 is 5.73 Å². The number of para-hydroxylation sites is 2. The van der Waals surface area contributed by atoms with E-state index in [2.05, 4.69) is 4.98 Å². The standard InChI is InChI=1S/C15H13N3O/c16-9-15(19)11-5-7-12(8-6-11)18-10-17-13-3-1-2-4-14(13)18/h1-8,10H,9,16H2. The van der Waals surface area contributed by atoms with E-state index in [4.69, 9.17) is 5.73 Å². The Morgan fingerprint density at radius 2 is 1.84 bits per heavy atom. The largest absolute Gasteiger partial charge is 0.324 e. The average Bonchev–Trinajstić information content (AvgIpc) is 2.90. The van der Waals surface area contributed by atoms with Gasteiger partial charge in [0, 0.05) is 11.3 Å². The van der Waals surface area contributed by atoms with E-state index in [1.807, 2.05) is 41.0 Å². The number of aromatic nitrogens is 2. The molecule has 0 saturated heterocycles. The molecule has 1 aromatic heterocycles. The molecule has 4 heteroatoms. The fraction of sp³-hybridized carbons (Fsp3) is 0.0667. The molecule has 1 heterocycles. The lowest BCUT2D eigenvalue weighted by Gasteiger charge is -2.05. The lowest BCUT2D eigenvalue weighted by atomic mass is 10.1. The highest BCUT2D eigenvalue weighted by Crippen LogP contribution is 2.18. The predicted octanol–water partition coefficient (Wildman–Crippen LogP) is 2.17. The molecule has 0 bridgehead atoms. The smallest absolute Gasteiger partial charge is 0.176 e. The summed E-state index contributed by atoms with van der Waals surface area (Å²) in [6, 6.07) is 15.3. The molecule has 3 rings (SSSR count). The number of carbonyl (C=O) groups excluding carboxylic acids is 1. The summed E-state index contributed by atoms with van der Waals surface area (Å²) in [6.45, 7) is 0.0351. The first kappa shape index (κ1) is 11.6. The van der Waals surface area contributed by atoms with Crippen molar-refractivity contribution in [2.45, 2.75) is 0 Å². The Balaban J connectivity index is 2.05. The molecule has 94 valence electrons. The Labute approximate surface area is 110 Å². The molecule has 0 aliphatic rings. The van der Waals surface area contributed by atoms with E-state index in [1.54, 1.807) is 18.5 Å². The highest BCUT2D eigenvalue weighted by atomic mass is 16.1. The maximum Gasteiger partial charge on any atom is 0.176 e. The molecule has 0 unspecified atom stereocenters. The number of nitrogens with zero attached hydrogens (tertiary/aromatic N) is 2. The third-order valence-corrected chi connectivity index (χ3v) is 3.11. The SMILES string of the molecule is NCC(=O)c1ccc(-n2cnc3ccccc32)cc1. The van der Waals surface area contributed by atoms with Crippen LogP contribution in [0.1, 0.15) is 10.4 Å². The summed E-state index contributed by atoms with van der Waals surface area (Å²) in [5.74, 6) is -0.0537. The molecule has 2 N–H and O–H groups in total. The number of benzene rings is 2. The van der Waals surface area contributed by atoms with Gasteiger partial charge in [-0.25, -0.2) is 4.98 Å². The van der Waals surface area contributed by atoms with Crippen molar-refractivity contribution in [3.8, 4) is 5.69 Å². The minimum atomic E-state index is -0.0537. The van der Waals surface area contributed by atoms with Crippen molar-refractivity contribution in [2.24, 2.45) is 5.73 Å². The van der Waals surface area contributed by atoms with Crippen molar-refractivity contribution >= 4 is 16.8 Å². The second-order valence-electron chi connectivity index (χ2n) is 4.28. The fourth-order valence-electron chi connectivity index (χ4n) is 2.09. The number of Topliss-reactive ketones (excluding diaryl/α,β-unsaturated/α-hetero) is 1. The number of ketones is 1. The van der Waals surface area contributed by atoms with Gasteiger partial charge in [0.15, 0.2) is 5.78 Å². The normalized spacial score (nSPS) is 10.8. The van der Waals surface area contributed by atoms with Crippen LogP contribution >= 0.6 is 0 Å². The predicted molar refractivity (Wildman–Crippen MR) is 74.5 cm³/mol. The van der Waals surface area contributed by atoms with Gasteiger partial charge in [0.2, 0.25) is 0 Å². The Kier molecular flexibility index (Phi) is 2.85. The van der Waals surface area contributed by atoms with Crippen molar-refractivity contribution in [3.63, 3.8) is 0 Å². The van der Waals surface area contributed by atoms with Crippen molar-refractivity contribution in [2.75, 3.05) is 6.54 Å². The lowest BCUT2D eigenvalue weighted by Crippen LogP contribution is -2.13. The number of hydrogen-bond donors (Lipinski definition) is 1. The molecule has 0 amide bonds. The van der Waals surface area contributed by atoms with E-state index in [1.165, 1.54) is 0 Å². The van der Waals surface area contributed by atoms with E-state index in [9.17, 15) is 4.79 Å². The molecule has 4 nitrogen and oxygen atoms in total. The van der Waals surface area contributed by atoms with Gasteiger partial charge in [-0.3, -0.25) is 9.36 Å². The number of fused-ring (bicyclic) bond motifs is 1. The van der Waals surface area contributed by atoms with Crippen molar-refractivity contribution in [1.82, 2.24) is 9.55 Å². The van der Waals surface area contributed by atoms with Gasteiger partial charge in [-0.2, -0.15) is 0 Å². The Morgan fingerprint density at radius 1 is 1.11 bits per heavy atom. The highest BCUT2D eigenvalue weighted by molar-refractivity contribution is 5.97. The van der Waals surface area contributed by atoms with Crippen molar-refractivity contribution in [1.29, 1.82) is 0 Å². The molecule has 0 atom stereocenters. The van der Waals surface area contributed by atoms with E-state index in [0.29, 0.717) is 5.56 Å².